The van der Waals surface area contributed by atoms with Crippen LogP contribution in [-0.2, 0) is 13.1 Å². The largest absolute Gasteiger partial charge is 0.355 e. The van der Waals surface area contributed by atoms with Crippen LogP contribution in [0, 0.1) is 6.92 Å². The normalized spacial score (nSPS) is 11.1. The maximum atomic E-state index is 4.73. The van der Waals surface area contributed by atoms with Crippen molar-refractivity contribution in [1.29, 1.82) is 0 Å². The van der Waals surface area contributed by atoms with Crippen LogP contribution in [0.4, 0.5) is 5.82 Å². The number of pyridine rings is 1. The van der Waals surface area contributed by atoms with Gasteiger partial charge in [-0.2, -0.15) is 0 Å². The molecule has 0 radical (unpaired) electrons. The van der Waals surface area contributed by atoms with E-state index in [4.69, 9.17) is 4.98 Å². The first-order valence-corrected chi connectivity index (χ1v) is 8.77. The summed E-state index contributed by atoms with van der Waals surface area (Å²) in [5, 5.41) is 5.55. The molecule has 0 bridgehead atoms. The van der Waals surface area contributed by atoms with Crippen LogP contribution in [0.5, 0.6) is 0 Å². The van der Waals surface area contributed by atoms with E-state index in [0.29, 0.717) is 6.04 Å². The van der Waals surface area contributed by atoms with Gasteiger partial charge in [0.2, 0.25) is 0 Å². The average molecular weight is 368 g/mol. The summed E-state index contributed by atoms with van der Waals surface area (Å²) in [6.45, 7) is 8.15. The topological polar surface area (TPSA) is 28.2 Å². The van der Waals surface area contributed by atoms with Crippen LogP contribution < -0.4 is 10.2 Å². The highest BCUT2D eigenvalue weighted by molar-refractivity contribution is 9.10. The molecule has 0 saturated heterocycles. The third-order valence-corrected chi connectivity index (χ3v) is 4.97. The maximum absolute atomic E-state index is 4.73. The van der Waals surface area contributed by atoms with Crippen molar-refractivity contribution in [3.05, 3.63) is 44.2 Å². The molecule has 2 aromatic rings. The SMILES string of the molecule is Cc1nc(N(C)Cc2cc(Br)cs2)ccc1CNC(C)C. The number of nitrogens with one attached hydrogen (secondary N) is 1. The van der Waals surface area contributed by atoms with Crippen LogP contribution in [0.1, 0.15) is 30.0 Å². The Morgan fingerprint density at radius 2 is 2.14 bits per heavy atom. The standard InChI is InChI=1S/C16H22BrN3S/c1-11(2)18-8-13-5-6-16(19-12(13)3)20(4)9-15-7-14(17)10-21-15/h5-7,10-11,18H,8-9H2,1-4H3. The van der Waals surface area contributed by atoms with Gasteiger partial charge in [0.25, 0.3) is 0 Å². The molecule has 0 aliphatic heterocycles. The summed E-state index contributed by atoms with van der Waals surface area (Å²) in [5.41, 5.74) is 2.36. The number of rotatable bonds is 6. The molecule has 0 atom stereocenters. The van der Waals surface area contributed by atoms with Gasteiger partial charge in [0.05, 0.1) is 6.54 Å². The Morgan fingerprint density at radius 3 is 2.71 bits per heavy atom. The van der Waals surface area contributed by atoms with Crippen molar-refractivity contribution in [2.45, 2.75) is 39.9 Å². The Labute approximate surface area is 139 Å². The van der Waals surface area contributed by atoms with Gasteiger partial charge in [0.15, 0.2) is 0 Å². The van der Waals surface area contributed by atoms with E-state index < -0.39 is 0 Å². The smallest absolute Gasteiger partial charge is 0.128 e. The summed E-state index contributed by atoms with van der Waals surface area (Å²) in [5.74, 6) is 1.02. The molecule has 0 aliphatic carbocycles. The summed E-state index contributed by atoms with van der Waals surface area (Å²) < 4.78 is 1.15. The highest BCUT2D eigenvalue weighted by Gasteiger charge is 2.08. The average Bonchev–Trinajstić information content (AvgIpc) is 2.82. The minimum atomic E-state index is 0.490. The molecule has 2 rings (SSSR count). The van der Waals surface area contributed by atoms with Gasteiger partial charge >= 0.3 is 0 Å². The summed E-state index contributed by atoms with van der Waals surface area (Å²) in [6.07, 6.45) is 0. The summed E-state index contributed by atoms with van der Waals surface area (Å²) in [6, 6.07) is 6.93. The van der Waals surface area contributed by atoms with Gasteiger partial charge in [-0.3, -0.25) is 0 Å². The summed E-state index contributed by atoms with van der Waals surface area (Å²) in [7, 11) is 2.08. The minimum Gasteiger partial charge on any atom is -0.355 e. The molecule has 0 aromatic carbocycles. The predicted octanol–water partition coefficient (Wildman–Crippen LogP) is 4.35. The number of thiophene rings is 1. The van der Waals surface area contributed by atoms with E-state index in [0.717, 1.165) is 29.1 Å². The van der Waals surface area contributed by atoms with E-state index in [1.54, 1.807) is 11.3 Å². The van der Waals surface area contributed by atoms with Gasteiger partial charge in [-0.25, -0.2) is 4.98 Å². The Bertz CT molecular complexity index is 595. The van der Waals surface area contributed by atoms with Crippen molar-refractivity contribution in [1.82, 2.24) is 10.3 Å². The Hall–Kier alpha value is -0.910. The van der Waals surface area contributed by atoms with E-state index in [1.165, 1.54) is 10.4 Å². The first-order chi connectivity index (χ1) is 9.95. The molecule has 3 nitrogen and oxygen atoms in total. The van der Waals surface area contributed by atoms with Crippen LogP contribution >= 0.6 is 27.3 Å². The molecule has 0 unspecified atom stereocenters. The molecule has 1 N–H and O–H groups in total. The number of aromatic nitrogens is 1. The van der Waals surface area contributed by atoms with Crippen molar-refractivity contribution >= 4 is 33.1 Å². The molecule has 0 saturated carbocycles. The van der Waals surface area contributed by atoms with Gasteiger partial charge < -0.3 is 10.2 Å². The first-order valence-electron chi connectivity index (χ1n) is 7.09. The van der Waals surface area contributed by atoms with Crippen molar-refractivity contribution in [2.24, 2.45) is 0 Å². The molecule has 0 aliphatic rings. The Balaban J connectivity index is 2.04. The third kappa shape index (κ3) is 4.80. The molecule has 5 heteroatoms. The number of halogens is 1. The zero-order valence-electron chi connectivity index (χ0n) is 13.0. The van der Waals surface area contributed by atoms with E-state index in [-0.39, 0.29) is 0 Å². The van der Waals surface area contributed by atoms with Gasteiger partial charge in [0, 0.05) is 40.1 Å². The molecule has 0 amide bonds. The van der Waals surface area contributed by atoms with Gasteiger partial charge in [0.1, 0.15) is 5.82 Å². The first kappa shape index (κ1) is 16.5. The fraction of sp³-hybridized carbons (Fsp3) is 0.438. The van der Waals surface area contributed by atoms with E-state index in [1.807, 2.05) is 0 Å². The molecule has 0 fully saturated rings. The van der Waals surface area contributed by atoms with Crippen molar-refractivity contribution < 1.29 is 0 Å². The van der Waals surface area contributed by atoms with Crippen molar-refractivity contribution in [2.75, 3.05) is 11.9 Å². The van der Waals surface area contributed by atoms with Crippen LogP contribution in [0.2, 0.25) is 0 Å². The Morgan fingerprint density at radius 1 is 1.38 bits per heavy atom. The quantitative estimate of drug-likeness (QED) is 0.822. The second kappa shape index (κ2) is 7.38. The van der Waals surface area contributed by atoms with Crippen molar-refractivity contribution in [3.8, 4) is 0 Å². The lowest BCUT2D eigenvalue weighted by Crippen LogP contribution is -2.23. The lowest BCUT2D eigenvalue weighted by molar-refractivity contribution is 0.586. The highest BCUT2D eigenvalue weighted by Crippen LogP contribution is 2.23. The van der Waals surface area contributed by atoms with Gasteiger partial charge in [-0.15, -0.1) is 11.3 Å². The molecule has 21 heavy (non-hydrogen) atoms. The second-order valence-corrected chi connectivity index (χ2v) is 7.45. The summed E-state index contributed by atoms with van der Waals surface area (Å²) in [4.78, 5) is 8.25. The zero-order valence-corrected chi connectivity index (χ0v) is 15.4. The van der Waals surface area contributed by atoms with Crippen LogP contribution in [-0.4, -0.2) is 18.1 Å². The molecular weight excluding hydrogens is 346 g/mol. The monoisotopic (exact) mass is 367 g/mol. The number of hydrogen-bond acceptors (Lipinski definition) is 4. The third-order valence-electron chi connectivity index (χ3n) is 3.29. The number of aryl methyl sites for hydroxylation is 1. The second-order valence-electron chi connectivity index (χ2n) is 5.54. The van der Waals surface area contributed by atoms with E-state index in [9.17, 15) is 0 Å². The van der Waals surface area contributed by atoms with E-state index >= 15 is 0 Å². The number of nitrogens with zero attached hydrogens (tertiary/aromatic N) is 2. The summed E-state index contributed by atoms with van der Waals surface area (Å²) >= 11 is 5.26. The lowest BCUT2D eigenvalue weighted by atomic mass is 10.2. The fourth-order valence-corrected chi connectivity index (χ4v) is 3.55. The highest BCUT2D eigenvalue weighted by atomic mass is 79.9. The number of hydrogen-bond donors (Lipinski definition) is 1. The molecule has 0 spiro atoms. The molecular formula is C16H22BrN3S. The van der Waals surface area contributed by atoms with Crippen LogP contribution in [0.3, 0.4) is 0 Å². The lowest BCUT2D eigenvalue weighted by Gasteiger charge is -2.19. The van der Waals surface area contributed by atoms with Crippen LogP contribution in [0.25, 0.3) is 0 Å². The predicted molar refractivity (Wildman–Crippen MR) is 95.1 cm³/mol. The zero-order chi connectivity index (χ0) is 15.4. The molecule has 2 heterocycles. The number of anilines is 1. The van der Waals surface area contributed by atoms with Crippen molar-refractivity contribution in [3.63, 3.8) is 0 Å². The Kier molecular flexibility index (Phi) is 5.79. The fourth-order valence-electron chi connectivity index (χ4n) is 2.04. The van der Waals surface area contributed by atoms with Gasteiger partial charge in [-0.05, 0) is 40.5 Å². The van der Waals surface area contributed by atoms with Crippen LogP contribution in [0.15, 0.2) is 28.1 Å². The van der Waals surface area contributed by atoms with E-state index in [2.05, 4.69) is 77.5 Å². The molecule has 2 aromatic heterocycles. The minimum absolute atomic E-state index is 0.490. The maximum Gasteiger partial charge on any atom is 0.128 e. The van der Waals surface area contributed by atoms with Gasteiger partial charge in [-0.1, -0.05) is 19.9 Å². The molecule has 114 valence electrons.